The van der Waals surface area contributed by atoms with Crippen molar-refractivity contribution in [1.82, 2.24) is 4.98 Å². The van der Waals surface area contributed by atoms with Crippen molar-refractivity contribution >= 4 is 9.84 Å². The lowest BCUT2D eigenvalue weighted by Crippen LogP contribution is -2.07. The van der Waals surface area contributed by atoms with E-state index in [0.717, 1.165) is 11.8 Å². The highest BCUT2D eigenvalue weighted by molar-refractivity contribution is 7.90. The molecule has 2 aromatic rings. The molecule has 1 heterocycles. The highest BCUT2D eigenvalue weighted by Gasteiger charge is 2.16. The number of rotatable bonds is 3. The SMILES string of the molecule is Cc1cccc(CS(=O)(=O)c2cccc(F)c2)n1. The minimum atomic E-state index is -3.56. The molecule has 0 atom stereocenters. The van der Waals surface area contributed by atoms with Crippen molar-refractivity contribution in [2.45, 2.75) is 17.6 Å². The van der Waals surface area contributed by atoms with E-state index >= 15 is 0 Å². The Balaban J connectivity index is 2.33. The second kappa shape index (κ2) is 4.86. The summed E-state index contributed by atoms with van der Waals surface area (Å²) >= 11 is 0. The quantitative estimate of drug-likeness (QED) is 0.856. The smallest absolute Gasteiger partial charge is 0.184 e. The van der Waals surface area contributed by atoms with Gasteiger partial charge in [0.25, 0.3) is 0 Å². The first-order valence-corrected chi connectivity index (χ1v) is 7.03. The number of nitrogens with zero attached hydrogens (tertiary/aromatic N) is 1. The molecule has 18 heavy (non-hydrogen) atoms. The van der Waals surface area contributed by atoms with Gasteiger partial charge in [-0.25, -0.2) is 12.8 Å². The topological polar surface area (TPSA) is 47.0 Å². The number of aromatic nitrogens is 1. The maximum atomic E-state index is 13.0. The lowest BCUT2D eigenvalue weighted by atomic mass is 10.3. The zero-order valence-corrected chi connectivity index (χ0v) is 10.6. The molecule has 0 amide bonds. The molecule has 0 radical (unpaired) electrons. The lowest BCUT2D eigenvalue weighted by molar-refractivity contribution is 0.589. The van der Waals surface area contributed by atoms with Crippen LogP contribution in [-0.2, 0) is 15.6 Å². The Kier molecular flexibility index (Phi) is 3.43. The number of sulfone groups is 1. The van der Waals surface area contributed by atoms with Crippen LogP contribution in [0, 0.1) is 12.7 Å². The summed E-state index contributed by atoms with van der Waals surface area (Å²) in [6, 6.07) is 10.2. The summed E-state index contributed by atoms with van der Waals surface area (Å²) in [5.41, 5.74) is 1.21. The molecule has 0 unspecified atom stereocenters. The summed E-state index contributed by atoms with van der Waals surface area (Å²) in [6.45, 7) is 1.79. The van der Waals surface area contributed by atoms with Crippen LogP contribution in [0.3, 0.4) is 0 Å². The van der Waals surface area contributed by atoms with Crippen LogP contribution in [0.25, 0.3) is 0 Å². The van der Waals surface area contributed by atoms with Gasteiger partial charge < -0.3 is 0 Å². The van der Waals surface area contributed by atoms with Crippen LogP contribution in [0.2, 0.25) is 0 Å². The molecule has 0 aliphatic heterocycles. The normalized spacial score (nSPS) is 11.4. The van der Waals surface area contributed by atoms with Crippen molar-refractivity contribution < 1.29 is 12.8 Å². The summed E-state index contributed by atoms with van der Waals surface area (Å²) in [5.74, 6) is -0.786. The second-order valence-corrected chi connectivity index (χ2v) is 5.98. The van der Waals surface area contributed by atoms with E-state index in [4.69, 9.17) is 0 Å². The van der Waals surface area contributed by atoms with Gasteiger partial charge in [0.05, 0.1) is 16.3 Å². The number of aryl methyl sites for hydroxylation is 1. The van der Waals surface area contributed by atoms with E-state index < -0.39 is 15.7 Å². The highest BCUT2D eigenvalue weighted by Crippen LogP contribution is 2.16. The van der Waals surface area contributed by atoms with Gasteiger partial charge in [0.2, 0.25) is 0 Å². The zero-order valence-electron chi connectivity index (χ0n) is 9.80. The van der Waals surface area contributed by atoms with Crippen LogP contribution < -0.4 is 0 Å². The second-order valence-electron chi connectivity index (χ2n) is 3.99. The van der Waals surface area contributed by atoms with Crippen molar-refractivity contribution in [3.05, 3.63) is 59.7 Å². The summed E-state index contributed by atoms with van der Waals surface area (Å²) < 4.78 is 37.1. The predicted molar refractivity (Wildman–Crippen MR) is 66.3 cm³/mol. The van der Waals surface area contributed by atoms with E-state index in [1.807, 2.05) is 0 Å². The van der Waals surface area contributed by atoms with Gasteiger partial charge in [0.1, 0.15) is 5.82 Å². The van der Waals surface area contributed by atoms with E-state index in [1.54, 1.807) is 25.1 Å². The largest absolute Gasteiger partial charge is 0.257 e. The predicted octanol–water partition coefficient (Wildman–Crippen LogP) is 2.50. The third-order valence-electron chi connectivity index (χ3n) is 2.44. The lowest BCUT2D eigenvalue weighted by Gasteiger charge is -2.04. The average molecular weight is 265 g/mol. The summed E-state index contributed by atoms with van der Waals surface area (Å²) in [4.78, 5) is 4.11. The number of hydrogen-bond acceptors (Lipinski definition) is 3. The average Bonchev–Trinajstić information content (AvgIpc) is 2.28. The Morgan fingerprint density at radius 1 is 1.17 bits per heavy atom. The Labute approximate surface area is 105 Å². The first-order chi connectivity index (χ1) is 8.47. The number of halogens is 1. The molecule has 0 N–H and O–H groups in total. The number of hydrogen-bond donors (Lipinski definition) is 0. The van der Waals surface area contributed by atoms with Gasteiger partial charge in [0, 0.05) is 5.69 Å². The summed E-state index contributed by atoms with van der Waals surface area (Å²) in [5, 5.41) is 0. The molecule has 2 rings (SSSR count). The van der Waals surface area contributed by atoms with Gasteiger partial charge in [0.15, 0.2) is 9.84 Å². The Hall–Kier alpha value is -1.75. The highest BCUT2D eigenvalue weighted by atomic mass is 32.2. The Morgan fingerprint density at radius 2 is 1.89 bits per heavy atom. The Bertz CT molecular complexity index is 668. The van der Waals surface area contributed by atoms with E-state index in [0.29, 0.717) is 5.69 Å². The van der Waals surface area contributed by atoms with E-state index in [2.05, 4.69) is 4.98 Å². The van der Waals surface area contributed by atoms with Gasteiger partial charge in [-0.05, 0) is 37.3 Å². The van der Waals surface area contributed by atoms with Crippen molar-refractivity contribution in [2.75, 3.05) is 0 Å². The number of pyridine rings is 1. The molecule has 1 aromatic heterocycles. The van der Waals surface area contributed by atoms with E-state index in [1.165, 1.54) is 18.2 Å². The monoisotopic (exact) mass is 265 g/mol. The molecule has 0 saturated carbocycles. The third-order valence-corrected chi connectivity index (χ3v) is 4.09. The molecule has 0 saturated heterocycles. The van der Waals surface area contributed by atoms with Gasteiger partial charge in [-0.2, -0.15) is 0 Å². The molecular formula is C13H12FNO2S. The first-order valence-electron chi connectivity index (χ1n) is 5.38. The van der Waals surface area contributed by atoms with Crippen LogP contribution in [0.5, 0.6) is 0 Å². The van der Waals surface area contributed by atoms with Crippen LogP contribution in [-0.4, -0.2) is 13.4 Å². The molecule has 0 aliphatic rings. The maximum Gasteiger partial charge on any atom is 0.184 e. The van der Waals surface area contributed by atoms with Crippen molar-refractivity contribution in [2.24, 2.45) is 0 Å². The van der Waals surface area contributed by atoms with Crippen molar-refractivity contribution in [1.29, 1.82) is 0 Å². The first kappa shape index (κ1) is 12.7. The van der Waals surface area contributed by atoms with E-state index in [-0.39, 0.29) is 10.6 Å². The summed E-state index contributed by atoms with van der Waals surface area (Å²) in [6.07, 6.45) is 0. The van der Waals surface area contributed by atoms with E-state index in [9.17, 15) is 12.8 Å². The molecule has 0 fully saturated rings. The van der Waals surface area contributed by atoms with Crippen LogP contribution in [0.4, 0.5) is 4.39 Å². The molecule has 94 valence electrons. The van der Waals surface area contributed by atoms with Crippen molar-refractivity contribution in [3.63, 3.8) is 0 Å². The molecule has 0 aliphatic carbocycles. The minimum absolute atomic E-state index is 0.0224. The van der Waals surface area contributed by atoms with Crippen molar-refractivity contribution in [3.8, 4) is 0 Å². The fourth-order valence-electron chi connectivity index (χ4n) is 1.62. The standard InChI is InChI=1S/C13H12FNO2S/c1-10-4-2-6-12(15-10)9-18(16,17)13-7-3-5-11(14)8-13/h2-8H,9H2,1H3. The van der Waals surface area contributed by atoms with Gasteiger partial charge >= 0.3 is 0 Å². The van der Waals surface area contributed by atoms with Crippen LogP contribution in [0.1, 0.15) is 11.4 Å². The summed E-state index contributed by atoms with van der Waals surface area (Å²) in [7, 11) is -3.56. The molecule has 5 heteroatoms. The minimum Gasteiger partial charge on any atom is -0.257 e. The number of benzene rings is 1. The maximum absolute atomic E-state index is 13.0. The van der Waals surface area contributed by atoms with Crippen LogP contribution >= 0.6 is 0 Å². The van der Waals surface area contributed by atoms with Gasteiger partial charge in [-0.3, -0.25) is 4.98 Å². The fourth-order valence-corrected chi connectivity index (χ4v) is 2.91. The molecular weight excluding hydrogens is 253 g/mol. The molecule has 1 aromatic carbocycles. The Morgan fingerprint density at radius 3 is 2.56 bits per heavy atom. The molecule has 3 nitrogen and oxygen atoms in total. The molecule has 0 bridgehead atoms. The third kappa shape index (κ3) is 2.92. The fraction of sp³-hybridized carbons (Fsp3) is 0.154. The van der Waals surface area contributed by atoms with Gasteiger partial charge in [-0.15, -0.1) is 0 Å². The van der Waals surface area contributed by atoms with Crippen LogP contribution in [0.15, 0.2) is 47.4 Å². The zero-order chi connectivity index (χ0) is 13.2. The molecule has 0 spiro atoms. The van der Waals surface area contributed by atoms with Gasteiger partial charge in [-0.1, -0.05) is 12.1 Å².